The van der Waals surface area contributed by atoms with E-state index in [1.807, 2.05) is 30.3 Å². The second-order valence-corrected chi connectivity index (χ2v) is 7.58. The van der Waals surface area contributed by atoms with E-state index in [0.717, 1.165) is 41.5 Å². The highest BCUT2D eigenvalue weighted by Crippen LogP contribution is 2.37. The minimum atomic E-state index is -0.293. The maximum absolute atomic E-state index is 13.6. The fraction of sp³-hybridized carbons (Fsp3) is 0.208. The van der Waals surface area contributed by atoms with Gasteiger partial charge in [-0.1, -0.05) is 37.1 Å². The zero-order chi connectivity index (χ0) is 19.8. The molecule has 2 aromatic carbocycles. The number of carbonyl (C=O) groups excluding carboxylic acids is 1. The van der Waals surface area contributed by atoms with Gasteiger partial charge in [0, 0.05) is 29.0 Å². The highest BCUT2D eigenvalue weighted by molar-refractivity contribution is 5.80. The van der Waals surface area contributed by atoms with Gasteiger partial charge in [0.2, 0.25) is 0 Å². The molecule has 0 bridgehead atoms. The molecule has 0 radical (unpaired) electrons. The van der Waals surface area contributed by atoms with Crippen molar-refractivity contribution in [3.63, 3.8) is 0 Å². The number of carbonyl (C=O) groups is 1. The summed E-state index contributed by atoms with van der Waals surface area (Å²) in [5.41, 5.74) is 5.87. The van der Waals surface area contributed by atoms with Crippen LogP contribution in [0.3, 0.4) is 0 Å². The predicted octanol–water partition coefficient (Wildman–Crippen LogP) is 5.67. The molecule has 0 saturated heterocycles. The fourth-order valence-corrected chi connectivity index (χ4v) is 4.33. The number of aromatic nitrogens is 3. The van der Waals surface area contributed by atoms with Crippen LogP contribution in [0.4, 0.5) is 4.39 Å². The molecular weight excluding hydrogens is 365 g/mol. The van der Waals surface area contributed by atoms with Crippen LogP contribution in [0.5, 0.6) is 0 Å². The molecule has 2 heterocycles. The summed E-state index contributed by atoms with van der Waals surface area (Å²) < 4.78 is 15.4. The Balaban J connectivity index is 1.63. The SMILES string of the molecule is O=Cc1ccc(-c2ccnc3cc(-c4cccc(F)c4)nn23)cc1C1CCCC1. The number of aldehydes is 1. The second kappa shape index (κ2) is 7.24. The van der Waals surface area contributed by atoms with Gasteiger partial charge in [-0.3, -0.25) is 4.79 Å². The Morgan fingerprint density at radius 3 is 2.66 bits per heavy atom. The van der Waals surface area contributed by atoms with Gasteiger partial charge in [-0.15, -0.1) is 0 Å². The Bertz CT molecular complexity index is 1210. The summed E-state index contributed by atoms with van der Waals surface area (Å²) in [6.45, 7) is 0. The van der Waals surface area contributed by atoms with E-state index < -0.39 is 0 Å². The van der Waals surface area contributed by atoms with Crippen molar-refractivity contribution < 1.29 is 9.18 Å². The first-order valence-corrected chi connectivity index (χ1v) is 9.93. The van der Waals surface area contributed by atoms with Crippen molar-refractivity contribution in [3.05, 3.63) is 77.7 Å². The minimum absolute atomic E-state index is 0.293. The Kier molecular flexibility index (Phi) is 4.43. The number of nitrogens with zero attached hydrogens (tertiary/aromatic N) is 3. The molecule has 5 heteroatoms. The highest BCUT2D eigenvalue weighted by Gasteiger charge is 2.21. The zero-order valence-corrected chi connectivity index (χ0v) is 15.9. The van der Waals surface area contributed by atoms with Crippen LogP contribution in [0, 0.1) is 5.82 Å². The highest BCUT2D eigenvalue weighted by atomic mass is 19.1. The molecule has 4 nitrogen and oxygen atoms in total. The molecule has 4 aromatic rings. The molecule has 1 aliphatic rings. The number of benzene rings is 2. The first-order valence-electron chi connectivity index (χ1n) is 9.93. The van der Waals surface area contributed by atoms with E-state index >= 15 is 0 Å². The summed E-state index contributed by atoms with van der Waals surface area (Å²) >= 11 is 0. The van der Waals surface area contributed by atoms with Crippen molar-refractivity contribution in [2.45, 2.75) is 31.6 Å². The number of hydrogen-bond acceptors (Lipinski definition) is 3. The Morgan fingerprint density at radius 2 is 1.86 bits per heavy atom. The van der Waals surface area contributed by atoms with Gasteiger partial charge in [0.15, 0.2) is 5.65 Å². The Morgan fingerprint density at radius 1 is 1.00 bits per heavy atom. The lowest BCUT2D eigenvalue weighted by Crippen LogP contribution is -2.01. The molecular formula is C24H20FN3O. The number of rotatable bonds is 4. The monoisotopic (exact) mass is 385 g/mol. The lowest BCUT2D eigenvalue weighted by atomic mass is 9.91. The molecule has 0 aliphatic heterocycles. The second-order valence-electron chi connectivity index (χ2n) is 7.58. The lowest BCUT2D eigenvalue weighted by molar-refractivity contribution is 0.112. The molecule has 1 aliphatic carbocycles. The van der Waals surface area contributed by atoms with E-state index in [1.54, 1.807) is 16.8 Å². The van der Waals surface area contributed by atoms with Crippen LogP contribution in [0.15, 0.2) is 60.8 Å². The van der Waals surface area contributed by atoms with Gasteiger partial charge in [0.1, 0.15) is 12.1 Å². The number of fused-ring (bicyclic) bond motifs is 1. The van der Waals surface area contributed by atoms with Crippen molar-refractivity contribution in [2.75, 3.05) is 0 Å². The van der Waals surface area contributed by atoms with Crippen molar-refractivity contribution in [2.24, 2.45) is 0 Å². The third-order valence-corrected chi connectivity index (χ3v) is 5.78. The summed E-state index contributed by atoms with van der Waals surface area (Å²) in [5, 5.41) is 4.69. The average Bonchev–Trinajstić information content (AvgIpc) is 3.43. The number of halogens is 1. The smallest absolute Gasteiger partial charge is 0.156 e. The van der Waals surface area contributed by atoms with E-state index in [-0.39, 0.29) is 5.82 Å². The molecule has 5 rings (SSSR count). The van der Waals surface area contributed by atoms with Crippen LogP contribution in [-0.2, 0) is 0 Å². The van der Waals surface area contributed by atoms with Crippen LogP contribution in [-0.4, -0.2) is 20.9 Å². The quantitative estimate of drug-likeness (QED) is 0.425. The maximum Gasteiger partial charge on any atom is 0.156 e. The van der Waals surface area contributed by atoms with Gasteiger partial charge in [-0.25, -0.2) is 13.9 Å². The normalized spacial score (nSPS) is 14.5. The summed E-state index contributed by atoms with van der Waals surface area (Å²) in [6.07, 6.45) is 7.38. The molecule has 0 unspecified atom stereocenters. The summed E-state index contributed by atoms with van der Waals surface area (Å²) in [4.78, 5) is 16.0. The Labute approximate surface area is 168 Å². The zero-order valence-electron chi connectivity index (χ0n) is 15.9. The van der Waals surface area contributed by atoms with E-state index in [1.165, 1.54) is 25.0 Å². The molecule has 0 spiro atoms. The largest absolute Gasteiger partial charge is 0.298 e. The lowest BCUT2D eigenvalue weighted by Gasteiger charge is -2.14. The van der Waals surface area contributed by atoms with Crippen molar-refractivity contribution in [1.29, 1.82) is 0 Å². The van der Waals surface area contributed by atoms with Crippen LogP contribution in [0.25, 0.3) is 28.2 Å². The first-order chi connectivity index (χ1) is 14.2. The van der Waals surface area contributed by atoms with E-state index in [4.69, 9.17) is 0 Å². The van der Waals surface area contributed by atoms with Gasteiger partial charge in [0.05, 0.1) is 11.4 Å². The van der Waals surface area contributed by atoms with E-state index in [0.29, 0.717) is 22.8 Å². The van der Waals surface area contributed by atoms with Gasteiger partial charge >= 0.3 is 0 Å². The predicted molar refractivity (Wildman–Crippen MR) is 110 cm³/mol. The summed E-state index contributed by atoms with van der Waals surface area (Å²) in [5.74, 6) is 0.145. The molecule has 29 heavy (non-hydrogen) atoms. The molecule has 2 aromatic heterocycles. The minimum Gasteiger partial charge on any atom is -0.298 e. The Hall–Kier alpha value is -3.34. The van der Waals surface area contributed by atoms with Crippen molar-refractivity contribution in [1.82, 2.24) is 14.6 Å². The molecule has 1 fully saturated rings. The number of hydrogen-bond donors (Lipinski definition) is 0. The molecule has 1 saturated carbocycles. The van der Waals surface area contributed by atoms with Crippen LogP contribution in [0.1, 0.15) is 47.5 Å². The van der Waals surface area contributed by atoms with E-state index in [9.17, 15) is 9.18 Å². The molecule has 0 N–H and O–H groups in total. The standard InChI is InChI=1S/C24H20FN3O/c25-20-7-3-6-17(12-20)22-14-24-26-11-10-23(28(24)27-22)18-8-9-19(15-29)21(13-18)16-4-1-2-5-16/h3,6-16H,1-2,4-5H2. The van der Waals surface area contributed by atoms with Crippen LogP contribution >= 0.6 is 0 Å². The topological polar surface area (TPSA) is 47.3 Å². The third-order valence-electron chi connectivity index (χ3n) is 5.78. The molecule has 144 valence electrons. The fourth-order valence-electron chi connectivity index (χ4n) is 4.33. The maximum atomic E-state index is 13.6. The van der Waals surface area contributed by atoms with Gasteiger partial charge in [-0.2, -0.15) is 5.10 Å². The van der Waals surface area contributed by atoms with Gasteiger partial charge in [-0.05, 0) is 48.6 Å². The van der Waals surface area contributed by atoms with Gasteiger partial charge < -0.3 is 0 Å². The van der Waals surface area contributed by atoms with Crippen LogP contribution in [0.2, 0.25) is 0 Å². The van der Waals surface area contributed by atoms with Crippen LogP contribution < -0.4 is 0 Å². The molecule has 0 amide bonds. The average molecular weight is 385 g/mol. The van der Waals surface area contributed by atoms with E-state index in [2.05, 4.69) is 16.1 Å². The first kappa shape index (κ1) is 17.7. The summed E-state index contributed by atoms with van der Waals surface area (Å²) in [6, 6.07) is 16.2. The molecule has 0 atom stereocenters. The third kappa shape index (κ3) is 3.23. The van der Waals surface area contributed by atoms with Crippen molar-refractivity contribution in [3.8, 4) is 22.5 Å². The van der Waals surface area contributed by atoms with Gasteiger partial charge in [0.25, 0.3) is 0 Å². The van der Waals surface area contributed by atoms with Crippen molar-refractivity contribution >= 4 is 11.9 Å². The summed E-state index contributed by atoms with van der Waals surface area (Å²) in [7, 11) is 0.